The number of phenolic OH excluding ortho intramolecular Hbond substituents is 1. The number of carboxylic acids is 1. The van der Waals surface area contributed by atoms with Crippen LogP contribution in [0.5, 0.6) is 5.75 Å². The molecule has 4 N–H and O–H groups in total. The summed E-state index contributed by atoms with van der Waals surface area (Å²) in [4.78, 5) is 30.7. The van der Waals surface area contributed by atoms with Crippen LogP contribution in [0.2, 0.25) is 0 Å². The molecule has 1 aromatic carbocycles. The number of rotatable bonds is 6. The van der Waals surface area contributed by atoms with Gasteiger partial charge in [-0.25, -0.2) is 4.98 Å². The smallest absolute Gasteiger partial charge is 0.257 e. The van der Waals surface area contributed by atoms with Crippen LogP contribution in [0.15, 0.2) is 29.1 Å². The number of aliphatic hydroxyl groups excluding tert-OH is 1. The molecule has 4 rings (SSSR count). The molecule has 1 atom stereocenters. The molecule has 3 aromatic rings. The van der Waals surface area contributed by atoms with Gasteiger partial charge in [0.15, 0.2) is 0 Å². The second-order valence-electron chi connectivity index (χ2n) is 8.48. The predicted molar refractivity (Wildman–Crippen MR) is 114 cm³/mol. The fourth-order valence-electron chi connectivity index (χ4n) is 4.40. The number of nitrogens with zero attached hydrogens (tertiary/aromatic N) is 2. The molecule has 0 unspecified atom stereocenters. The average Bonchev–Trinajstić information content (AvgIpc) is 3.11. The van der Waals surface area contributed by atoms with E-state index in [-0.39, 0.29) is 29.8 Å². The number of quaternary nitrogens is 1. The number of aromatic hydroxyl groups is 1. The van der Waals surface area contributed by atoms with E-state index in [1.807, 2.05) is 20.2 Å². The quantitative estimate of drug-likeness (QED) is 0.290. The van der Waals surface area contributed by atoms with Gasteiger partial charge in [0.2, 0.25) is 0 Å². The van der Waals surface area contributed by atoms with E-state index in [0.717, 1.165) is 21.4 Å². The molecule has 3 heterocycles. The number of aliphatic hydroxyl groups is 2. The maximum absolute atomic E-state index is 13.1. The van der Waals surface area contributed by atoms with Gasteiger partial charge >= 0.3 is 0 Å². The topological polar surface area (TPSA) is 140 Å². The highest BCUT2D eigenvalue weighted by atomic mass is 16.4. The number of fused-ring (bicyclic) bond motifs is 4. The Hall–Kier alpha value is -3.27. The van der Waals surface area contributed by atoms with E-state index in [2.05, 4.69) is 0 Å². The Labute approximate surface area is 183 Å². The first kappa shape index (κ1) is 21.9. The summed E-state index contributed by atoms with van der Waals surface area (Å²) in [6, 6.07) is 6.55. The molecule has 1 aliphatic rings. The van der Waals surface area contributed by atoms with Gasteiger partial charge in [0.05, 0.1) is 55.7 Å². The zero-order valence-corrected chi connectivity index (χ0v) is 18.1. The number of pyridine rings is 2. The molecule has 32 heavy (non-hydrogen) atoms. The summed E-state index contributed by atoms with van der Waals surface area (Å²) in [6.45, 7) is 1.49. The number of nitrogens with one attached hydrogen (secondary N) is 1. The zero-order chi connectivity index (χ0) is 23.4. The molecule has 0 bridgehead atoms. The Bertz CT molecular complexity index is 1310. The van der Waals surface area contributed by atoms with Gasteiger partial charge in [-0.05, 0) is 30.7 Å². The van der Waals surface area contributed by atoms with E-state index in [9.17, 15) is 30.0 Å². The molecule has 0 amide bonds. The Morgan fingerprint density at radius 2 is 2.00 bits per heavy atom. The number of aromatic nitrogens is 2. The normalized spacial score (nSPS) is 14.4. The summed E-state index contributed by atoms with van der Waals surface area (Å²) in [7, 11) is 3.94. The lowest BCUT2D eigenvalue weighted by atomic mass is 9.87. The Kier molecular flexibility index (Phi) is 5.28. The Morgan fingerprint density at radius 1 is 1.28 bits per heavy atom. The molecular weight excluding hydrogens is 414 g/mol. The molecule has 0 saturated heterocycles. The van der Waals surface area contributed by atoms with E-state index >= 15 is 0 Å². The van der Waals surface area contributed by atoms with Crippen molar-refractivity contribution in [3.05, 3.63) is 56.9 Å². The number of carboxylic acid groups (broad SMARTS) is 1. The SMILES string of the molecule is CC[C@@](O)(C(=O)[O-])c1cc2n(c(=O)c1CO)Cc1cc3c(C[NH+](C)C)c(O)ccc3nc1-2. The van der Waals surface area contributed by atoms with E-state index in [4.69, 9.17) is 4.98 Å². The molecular formula is C23H25N3O6. The lowest BCUT2D eigenvalue weighted by Gasteiger charge is -2.30. The highest BCUT2D eigenvalue weighted by Gasteiger charge is 2.36. The van der Waals surface area contributed by atoms with Crippen molar-refractivity contribution < 1.29 is 30.1 Å². The third-order valence-corrected chi connectivity index (χ3v) is 6.12. The van der Waals surface area contributed by atoms with E-state index in [1.54, 1.807) is 12.1 Å². The van der Waals surface area contributed by atoms with E-state index in [0.29, 0.717) is 23.4 Å². The van der Waals surface area contributed by atoms with Gasteiger partial charge in [-0.15, -0.1) is 0 Å². The maximum Gasteiger partial charge on any atom is 0.257 e. The highest BCUT2D eigenvalue weighted by Crippen LogP contribution is 2.37. The first-order chi connectivity index (χ1) is 15.1. The standard InChI is InChI=1S/C23H25N3O6/c1-4-23(32,22(30)31)16-8-18-20-12(9-26(18)21(29)15(16)11-27)7-13-14(10-25(2)3)19(28)6-5-17(13)24-20/h5-8,27-28,32H,4,9-11H2,1-3H3,(H,30,31)/t23-/m0/s1. The summed E-state index contributed by atoms with van der Waals surface area (Å²) >= 11 is 0. The fourth-order valence-corrected chi connectivity index (χ4v) is 4.40. The van der Waals surface area contributed by atoms with Gasteiger partial charge in [-0.1, -0.05) is 6.92 Å². The van der Waals surface area contributed by atoms with E-state index < -0.39 is 23.7 Å². The van der Waals surface area contributed by atoms with Gasteiger partial charge in [-0.2, -0.15) is 0 Å². The van der Waals surface area contributed by atoms with Crippen LogP contribution in [0.4, 0.5) is 0 Å². The second-order valence-corrected chi connectivity index (χ2v) is 8.48. The number of hydrogen-bond acceptors (Lipinski definition) is 7. The molecule has 9 nitrogen and oxygen atoms in total. The minimum Gasteiger partial charge on any atom is -0.547 e. The first-order valence-electron chi connectivity index (χ1n) is 10.4. The van der Waals surface area contributed by atoms with Crippen LogP contribution in [0.25, 0.3) is 22.3 Å². The second kappa shape index (κ2) is 7.70. The Morgan fingerprint density at radius 3 is 2.59 bits per heavy atom. The lowest BCUT2D eigenvalue weighted by molar-refractivity contribution is -0.872. The van der Waals surface area contributed by atoms with Crippen LogP contribution in [0, 0.1) is 0 Å². The number of benzene rings is 1. The van der Waals surface area contributed by atoms with Crippen molar-refractivity contribution in [2.24, 2.45) is 0 Å². The number of hydrogen-bond donors (Lipinski definition) is 4. The van der Waals surface area contributed by atoms with Crippen molar-refractivity contribution in [1.29, 1.82) is 0 Å². The van der Waals surface area contributed by atoms with Crippen molar-refractivity contribution in [2.45, 2.75) is 38.6 Å². The van der Waals surface area contributed by atoms with Crippen LogP contribution in [0.1, 0.15) is 35.6 Å². The van der Waals surface area contributed by atoms with Crippen molar-refractivity contribution in [3.63, 3.8) is 0 Å². The summed E-state index contributed by atoms with van der Waals surface area (Å²) in [6.07, 6.45) is -0.237. The molecule has 1 aliphatic heterocycles. The van der Waals surface area contributed by atoms with Crippen LogP contribution < -0.4 is 15.6 Å². The third kappa shape index (κ3) is 3.17. The number of carbonyl (C=O) groups is 1. The molecule has 0 radical (unpaired) electrons. The average molecular weight is 439 g/mol. The molecule has 9 heteroatoms. The lowest BCUT2D eigenvalue weighted by Crippen LogP contribution is -3.04. The number of aliphatic carboxylic acids is 1. The van der Waals surface area contributed by atoms with Crippen molar-refractivity contribution in [1.82, 2.24) is 9.55 Å². The summed E-state index contributed by atoms with van der Waals surface area (Å²) in [5.41, 5.74) is -0.427. The molecule has 2 aromatic heterocycles. The molecule has 0 saturated carbocycles. The largest absolute Gasteiger partial charge is 0.547 e. The van der Waals surface area contributed by atoms with Gasteiger partial charge < -0.3 is 34.7 Å². The van der Waals surface area contributed by atoms with Crippen LogP contribution in [-0.4, -0.2) is 44.9 Å². The zero-order valence-electron chi connectivity index (χ0n) is 18.1. The first-order valence-corrected chi connectivity index (χ1v) is 10.4. The Balaban J connectivity index is 1.99. The molecule has 168 valence electrons. The van der Waals surface area contributed by atoms with Crippen molar-refractivity contribution >= 4 is 16.9 Å². The summed E-state index contributed by atoms with van der Waals surface area (Å²) in [5.74, 6) is -1.57. The third-order valence-electron chi connectivity index (χ3n) is 6.12. The van der Waals surface area contributed by atoms with Crippen LogP contribution in [-0.2, 0) is 30.1 Å². The van der Waals surface area contributed by atoms with Crippen LogP contribution in [0.3, 0.4) is 0 Å². The summed E-state index contributed by atoms with van der Waals surface area (Å²) < 4.78 is 1.41. The van der Waals surface area contributed by atoms with Gasteiger partial charge in [0.25, 0.3) is 5.56 Å². The van der Waals surface area contributed by atoms with Gasteiger partial charge in [0, 0.05) is 22.1 Å². The van der Waals surface area contributed by atoms with Gasteiger partial charge in [0.1, 0.15) is 17.9 Å². The summed E-state index contributed by atoms with van der Waals surface area (Å²) in [5, 5.41) is 43.4. The minimum atomic E-state index is -2.42. The molecule has 0 fully saturated rings. The van der Waals surface area contributed by atoms with Crippen molar-refractivity contribution in [2.75, 3.05) is 14.1 Å². The van der Waals surface area contributed by atoms with E-state index in [1.165, 1.54) is 17.6 Å². The maximum atomic E-state index is 13.1. The highest BCUT2D eigenvalue weighted by molar-refractivity contribution is 5.88. The van der Waals surface area contributed by atoms with Gasteiger partial charge in [-0.3, -0.25) is 4.79 Å². The predicted octanol–water partition coefficient (Wildman–Crippen LogP) is -1.38. The number of carbonyl (C=O) groups excluding carboxylic acids is 1. The number of phenols is 1. The molecule has 0 aliphatic carbocycles. The molecule has 0 spiro atoms. The fraction of sp³-hybridized carbons (Fsp3) is 0.348. The monoisotopic (exact) mass is 439 g/mol. The van der Waals surface area contributed by atoms with Crippen LogP contribution >= 0.6 is 0 Å². The minimum absolute atomic E-state index is 0.167. The van der Waals surface area contributed by atoms with Crippen molar-refractivity contribution in [3.8, 4) is 17.1 Å².